The van der Waals surface area contributed by atoms with Crippen molar-refractivity contribution in [2.75, 3.05) is 6.54 Å². The number of nitrogens with zero attached hydrogens (tertiary/aromatic N) is 1. The smallest absolute Gasteiger partial charge is 0.319 e. The Morgan fingerprint density at radius 2 is 2.00 bits per heavy atom. The van der Waals surface area contributed by atoms with Gasteiger partial charge in [-0.25, -0.2) is 4.79 Å². The van der Waals surface area contributed by atoms with Crippen LogP contribution in [0, 0.1) is 0 Å². The van der Waals surface area contributed by atoms with Crippen molar-refractivity contribution in [3.63, 3.8) is 0 Å². The zero-order valence-electron chi connectivity index (χ0n) is 12.8. The predicted octanol–water partition coefficient (Wildman–Crippen LogP) is 4.47. The maximum absolute atomic E-state index is 12.8. The van der Waals surface area contributed by atoms with E-state index in [1.165, 1.54) is 17.4 Å². The number of carbonyl (C=O) groups excluding carboxylic acids is 3. The minimum Gasteiger partial charge on any atom is -0.319 e. The first-order chi connectivity index (χ1) is 11.7. The first-order valence-electron chi connectivity index (χ1n) is 7.10. The number of halogens is 3. The molecule has 1 aliphatic heterocycles. The average molecular weight is 462 g/mol. The van der Waals surface area contributed by atoms with Crippen LogP contribution < -0.4 is 5.32 Å². The molecule has 0 bridgehead atoms. The van der Waals surface area contributed by atoms with Gasteiger partial charge in [0.25, 0.3) is 5.91 Å². The van der Waals surface area contributed by atoms with Crippen LogP contribution in [0.2, 0.25) is 10.0 Å². The van der Waals surface area contributed by atoms with Gasteiger partial charge in [-0.1, -0.05) is 29.3 Å². The van der Waals surface area contributed by atoms with Gasteiger partial charge in [-0.15, -0.1) is 11.3 Å². The van der Waals surface area contributed by atoms with Crippen molar-refractivity contribution in [1.82, 2.24) is 10.2 Å². The first-order valence-corrected chi connectivity index (χ1v) is 9.47. The van der Waals surface area contributed by atoms with E-state index in [9.17, 15) is 14.4 Å². The van der Waals surface area contributed by atoms with E-state index in [0.29, 0.717) is 15.5 Å². The van der Waals surface area contributed by atoms with Crippen LogP contribution in [-0.2, 0) is 10.3 Å². The highest BCUT2D eigenvalue weighted by Gasteiger charge is 2.50. The summed E-state index contributed by atoms with van der Waals surface area (Å²) in [7, 11) is 0. The molecule has 2 heterocycles. The molecular formula is C16H11BrCl2N2O3S. The molecule has 1 aromatic carbocycles. The van der Waals surface area contributed by atoms with Crippen molar-refractivity contribution in [3.8, 4) is 0 Å². The van der Waals surface area contributed by atoms with Crippen LogP contribution in [0.1, 0.15) is 22.2 Å². The Morgan fingerprint density at radius 1 is 1.28 bits per heavy atom. The molecule has 1 fully saturated rings. The highest BCUT2D eigenvalue weighted by atomic mass is 79.9. The highest BCUT2D eigenvalue weighted by molar-refractivity contribution is 9.11. The summed E-state index contributed by atoms with van der Waals surface area (Å²) in [4.78, 5) is 38.8. The number of imide groups is 1. The second-order valence-corrected chi connectivity index (χ2v) is 8.90. The maximum Gasteiger partial charge on any atom is 0.325 e. The number of carbonyl (C=O) groups is 3. The Bertz CT molecular complexity index is 901. The highest BCUT2D eigenvalue weighted by Crippen LogP contribution is 2.35. The summed E-state index contributed by atoms with van der Waals surface area (Å²) >= 11 is 16.6. The zero-order valence-corrected chi connectivity index (χ0v) is 16.7. The van der Waals surface area contributed by atoms with Crippen LogP contribution in [0.25, 0.3) is 0 Å². The molecule has 5 nitrogen and oxygen atoms in total. The lowest BCUT2D eigenvalue weighted by molar-refractivity contribution is -0.130. The number of ketones is 1. The second kappa shape index (κ2) is 6.72. The van der Waals surface area contributed by atoms with Gasteiger partial charge in [0.15, 0.2) is 5.78 Å². The quantitative estimate of drug-likeness (QED) is 0.539. The number of nitrogens with one attached hydrogen (secondary N) is 1. The lowest BCUT2D eigenvalue weighted by Gasteiger charge is -2.23. The Hall–Kier alpha value is -1.41. The van der Waals surface area contributed by atoms with Gasteiger partial charge in [-0.05, 0) is 47.1 Å². The molecular weight excluding hydrogens is 451 g/mol. The molecule has 1 N–H and O–H groups in total. The van der Waals surface area contributed by atoms with E-state index in [-0.39, 0.29) is 17.4 Å². The van der Waals surface area contributed by atoms with Crippen molar-refractivity contribution in [2.45, 2.75) is 12.5 Å². The molecule has 0 spiro atoms. The number of benzene rings is 1. The molecule has 0 radical (unpaired) electrons. The Balaban J connectivity index is 1.88. The molecule has 1 saturated heterocycles. The summed E-state index contributed by atoms with van der Waals surface area (Å²) in [5, 5.41) is 3.30. The first kappa shape index (κ1) is 18.4. The number of hydrogen-bond donors (Lipinski definition) is 1. The number of hydrogen-bond acceptors (Lipinski definition) is 4. The van der Waals surface area contributed by atoms with E-state index in [1.54, 1.807) is 31.2 Å². The summed E-state index contributed by atoms with van der Waals surface area (Å²) < 4.78 is 0.797. The molecule has 0 unspecified atom stereocenters. The van der Waals surface area contributed by atoms with E-state index in [2.05, 4.69) is 21.2 Å². The maximum atomic E-state index is 12.8. The van der Waals surface area contributed by atoms with E-state index in [1.807, 2.05) is 0 Å². The molecule has 130 valence electrons. The molecule has 2 aromatic rings. The van der Waals surface area contributed by atoms with Crippen molar-refractivity contribution in [1.29, 1.82) is 0 Å². The Morgan fingerprint density at radius 3 is 2.60 bits per heavy atom. The summed E-state index contributed by atoms with van der Waals surface area (Å²) in [5.41, 5.74) is -0.930. The van der Waals surface area contributed by atoms with Gasteiger partial charge in [-0.3, -0.25) is 14.5 Å². The van der Waals surface area contributed by atoms with Crippen molar-refractivity contribution in [3.05, 3.63) is 54.6 Å². The van der Waals surface area contributed by atoms with Crippen LogP contribution in [0.5, 0.6) is 0 Å². The van der Waals surface area contributed by atoms with Crippen LogP contribution >= 0.6 is 50.5 Å². The number of urea groups is 1. The van der Waals surface area contributed by atoms with E-state index in [4.69, 9.17) is 23.2 Å². The molecule has 9 heteroatoms. The predicted molar refractivity (Wildman–Crippen MR) is 100 cm³/mol. The van der Waals surface area contributed by atoms with Crippen LogP contribution in [0.15, 0.2) is 34.1 Å². The van der Waals surface area contributed by atoms with Crippen LogP contribution in [0.4, 0.5) is 4.79 Å². The average Bonchev–Trinajstić information content (AvgIpc) is 3.05. The van der Waals surface area contributed by atoms with Gasteiger partial charge in [0.05, 0.1) is 15.2 Å². The van der Waals surface area contributed by atoms with Gasteiger partial charge in [0.2, 0.25) is 0 Å². The topological polar surface area (TPSA) is 66.5 Å². The molecule has 25 heavy (non-hydrogen) atoms. The monoisotopic (exact) mass is 460 g/mol. The number of rotatable bonds is 4. The van der Waals surface area contributed by atoms with E-state index >= 15 is 0 Å². The van der Waals surface area contributed by atoms with E-state index < -0.39 is 17.5 Å². The standard InChI is InChI=1S/C16H11BrCl2N2O3S/c1-16(9-3-2-8(18)6-10(9)19)14(23)21(15(24)20-16)7-11(22)12-4-5-13(17)25-12/h2-6H,7H2,1H3,(H,20,24)/t16-/m0/s1. The second-order valence-electron chi connectivity index (χ2n) is 5.60. The Kier molecular flexibility index (Phi) is 4.94. The molecule has 1 aromatic heterocycles. The molecule has 1 aliphatic rings. The molecule has 3 amide bonds. The molecule has 1 atom stereocenters. The van der Waals surface area contributed by atoms with Gasteiger partial charge in [-0.2, -0.15) is 0 Å². The minimum atomic E-state index is -1.35. The minimum absolute atomic E-state index is 0.263. The Labute approximate surface area is 166 Å². The number of amides is 3. The van der Waals surface area contributed by atoms with Gasteiger partial charge in [0.1, 0.15) is 5.54 Å². The van der Waals surface area contributed by atoms with E-state index in [0.717, 1.165) is 8.69 Å². The SMILES string of the molecule is C[C@@]1(c2ccc(Cl)cc2Cl)NC(=O)N(CC(=O)c2ccc(Br)s2)C1=O. The lowest BCUT2D eigenvalue weighted by atomic mass is 9.92. The van der Waals surface area contributed by atoms with Gasteiger partial charge >= 0.3 is 6.03 Å². The van der Waals surface area contributed by atoms with Crippen molar-refractivity contribution in [2.24, 2.45) is 0 Å². The van der Waals surface area contributed by atoms with Gasteiger partial charge in [0, 0.05) is 15.6 Å². The third kappa shape index (κ3) is 3.33. The summed E-state index contributed by atoms with van der Waals surface area (Å²) in [6.45, 7) is 1.22. The fraction of sp³-hybridized carbons (Fsp3) is 0.188. The van der Waals surface area contributed by atoms with Crippen molar-refractivity contribution < 1.29 is 14.4 Å². The van der Waals surface area contributed by atoms with Crippen LogP contribution in [0.3, 0.4) is 0 Å². The molecule has 0 saturated carbocycles. The summed E-state index contributed by atoms with van der Waals surface area (Å²) in [6.07, 6.45) is 0. The largest absolute Gasteiger partial charge is 0.325 e. The normalized spacial score (nSPS) is 20.1. The number of Topliss-reactive ketones (excluding diaryl/α,β-unsaturated/α-hetero) is 1. The summed E-state index contributed by atoms with van der Waals surface area (Å²) in [5.74, 6) is -0.851. The third-order valence-corrected chi connectivity index (χ3v) is 6.11. The van der Waals surface area contributed by atoms with Crippen molar-refractivity contribution >= 4 is 68.2 Å². The van der Waals surface area contributed by atoms with Gasteiger partial charge < -0.3 is 5.32 Å². The third-order valence-electron chi connectivity index (χ3n) is 3.89. The lowest BCUT2D eigenvalue weighted by Crippen LogP contribution is -2.41. The molecule has 3 rings (SSSR count). The summed E-state index contributed by atoms with van der Waals surface area (Å²) in [6, 6.07) is 7.42. The zero-order chi connectivity index (χ0) is 18.4. The fourth-order valence-electron chi connectivity index (χ4n) is 2.60. The fourth-order valence-corrected chi connectivity index (χ4v) is 4.52. The number of thiophene rings is 1. The van der Waals surface area contributed by atoms with Crippen LogP contribution in [-0.4, -0.2) is 29.2 Å². The molecule has 0 aliphatic carbocycles.